The van der Waals surface area contributed by atoms with E-state index < -0.39 is 6.04 Å². The Kier molecular flexibility index (Phi) is 8.13. The Labute approximate surface area is 163 Å². The quantitative estimate of drug-likeness (QED) is 0.752. The molecule has 0 radical (unpaired) electrons. The van der Waals surface area contributed by atoms with Crippen LogP contribution in [0.1, 0.15) is 69.4 Å². The zero-order chi connectivity index (χ0) is 20.7. The van der Waals surface area contributed by atoms with Crippen LogP contribution in [0, 0.1) is 30.6 Å². The lowest BCUT2D eigenvalue weighted by Crippen LogP contribution is -2.53. The molecule has 0 saturated carbocycles. The minimum Gasteiger partial charge on any atom is -0.340 e. The van der Waals surface area contributed by atoms with E-state index in [0.717, 1.165) is 0 Å². The van der Waals surface area contributed by atoms with Gasteiger partial charge in [0.1, 0.15) is 6.04 Å². The maximum absolute atomic E-state index is 13.1. The molecular weight excluding hydrogens is 336 g/mol. The highest BCUT2D eigenvalue weighted by atomic mass is 16.2. The number of rotatable bonds is 7. The van der Waals surface area contributed by atoms with E-state index in [0.29, 0.717) is 23.1 Å². The Balaban J connectivity index is 3.17. The zero-order valence-corrected chi connectivity index (χ0v) is 17.2. The fraction of sp³-hybridized carbons (Fsp3) is 0.478. The van der Waals surface area contributed by atoms with E-state index in [1.165, 1.54) is 0 Å². The van der Waals surface area contributed by atoms with Crippen molar-refractivity contribution in [2.24, 2.45) is 5.92 Å². The zero-order valence-electron chi connectivity index (χ0n) is 17.2. The van der Waals surface area contributed by atoms with Crippen molar-refractivity contribution in [2.75, 3.05) is 0 Å². The molecule has 0 aliphatic carbocycles. The lowest BCUT2D eigenvalue weighted by Gasteiger charge is -2.34. The monoisotopic (exact) mass is 366 g/mol. The first-order chi connectivity index (χ1) is 12.6. The molecular formula is C23H30N2O2. The summed E-state index contributed by atoms with van der Waals surface area (Å²) in [4.78, 5) is 27.7. The normalized spacial score (nSPS) is 11.8. The van der Waals surface area contributed by atoms with Gasteiger partial charge in [-0.3, -0.25) is 9.59 Å². The summed E-state index contributed by atoms with van der Waals surface area (Å²) < 4.78 is 0. The van der Waals surface area contributed by atoms with Crippen LogP contribution in [-0.2, 0) is 4.79 Å². The Bertz CT molecular complexity index is 723. The number of benzene rings is 1. The smallest absolute Gasteiger partial charge is 0.252 e. The van der Waals surface area contributed by atoms with Crippen LogP contribution < -0.4 is 5.32 Å². The van der Waals surface area contributed by atoms with Gasteiger partial charge >= 0.3 is 0 Å². The first kappa shape index (κ1) is 22.3. The number of carbonyl (C=O) groups is 2. The number of hydrogen-bond donors (Lipinski definition) is 1. The lowest BCUT2D eigenvalue weighted by molar-refractivity contribution is -0.137. The molecule has 0 aliphatic heterocycles. The summed E-state index contributed by atoms with van der Waals surface area (Å²) in [5, 5.41) is 2.89. The number of amides is 2. The summed E-state index contributed by atoms with van der Waals surface area (Å²) in [6.45, 7) is 11.9. The second-order valence-corrected chi connectivity index (χ2v) is 7.68. The SMILES string of the molecule is C#Cc1cc(C#C)cc(C(=O)N[C@@H](CC(C)C)C(=O)N(C(C)C)C(C)C)c1. The lowest BCUT2D eigenvalue weighted by atomic mass is 10.00. The van der Waals surface area contributed by atoms with E-state index in [4.69, 9.17) is 12.8 Å². The van der Waals surface area contributed by atoms with Crippen molar-refractivity contribution in [2.45, 2.75) is 66.1 Å². The number of carbonyl (C=O) groups excluding carboxylic acids is 2. The molecule has 4 heteroatoms. The highest BCUT2D eigenvalue weighted by Gasteiger charge is 2.30. The van der Waals surface area contributed by atoms with Gasteiger partial charge in [-0.2, -0.15) is 0 Å². The average molecular weight is 367 g/mol. The Morgan fingerprint density at radius 3 is 1.81 bits per heavy atom. The fourth-order valence-electron chi connectivity index (χ4n) is 3.15. The topological polar surface area (TPSA) is 49.4 Å². The Morgan fingerprint density at radius 2 is 1.44 bits per heavy atom. The van der Waals surface area contributed by atoms with Crippen molar-refractivity contribution in [3.8, 4) is 24.7 Å². The van der Waals surface area contributed by atoms with Crippen molar-refractivity contribution in [3.63, 3.8) is 0 Å². The largest absolute Gasteiger partial charge is 0.340 e. The molecule has 1 N–H and O–H groups in total. The second kappa shape index (κ2) is 9.83. The van der Waals surface area contributed by atoms with Crippen molar-refractivity contribution in [1.29, 1.82) is 0 Å². The molecule has 1 aromatic rings. The van der Waals surface area contributed by atoms with Crippen LogP contribution in [0.5, 0.6) is 0 Å². The molecule has 27 heavy (non-hydrogen) atoms. The van der Waals surface area contributed by atoms with Crippen LogP contribution in [0.3, 0.4) is 0 Å². The minimum absolute atomic E-state index is 0.0434. The number of nitrogens with zero attached hydrogens (tertiary/aromatic N) is 1. The molecule has 1 atom stereocenters. The van der Waals surface area contributed by atoms with E-state index in [9.17, 15) is 9.59 Å². The number of nitrogens with one attached hydrogen (secondary N) is 1. The molecule has 0 aliphatic rings. The van der Waals surface area contributed by atoms with E-state index in [1.54, 1.807) is 23.1 Å². The first-order valence-corrected chi connectivity index (χ1v) is 9.32. The first-order valence-electron chi connectivity index (χ1n) is 9.32. The molecule has 0 aromatic heterocycles. The number of hydrogen-bond acceptors (Lipinski definition) is 2. The van der Waals surface area contributed by atoms with Crippen LogP contribution in [-0.4, -0.2) is 34.8 Å². The molecule has 0 spiro atoms. The summed E-state index contributed by atoms with van der Waals surface area (Å²) in [6.07, 6.45) is 11.5. The summed E-state index contributed by atoms with van der Waals surface area (Å²) >= 11 is 0. The molecule has 0 unspecified atom stereocenters. The minimum atomic E-state index is -0.605. The van der Waals surface area contributed by atoms with Gasteiger partial charge in [0.25, 0.3) is 5.91 Å². The van der Waals surface area contributed by atoms with E-state index in [1.807, 2.05) is 41.5 Å². The molecule has 1 rings (SSSR count). The maximum atomic E-state index is 13.1. The van der Waals surface area contributed by atoms with Crippen LogP contribution in [0.15, 0.2) is 18.2 Å². The number of terminal acetylenes is 2. The van der Waals surface area contributed by atoms with Crippen LogP contribution in [0.4, 0.5) is 0 Å². The standard InChI is InChI=1S/C23H30N2O2/c1-9-18-12-19(10-2)14-20(13-18)22(26)24-21(11-15(3)4)23(27)25(16(5)6)17(7)8/h1-2,12-17,21H,11H2,3-8H3,(H,24,26)/t21-/m0/s1. The average Bonchev–Trinajstić information content (AvgIpc) is 2.59. The van der Waals surface area contributed by atoms with Crippen LogP contribution in [0.25, 0.3) is 0 Å². The van der Waals surface area contributed by atoms with Gasteiger partial charge < -0.3 is 10.2 Å². The van der Waals surface area contributed by atoms with Gasteiger partial charge in [0.2, 0.25) is 5.91 Å². The van der Waals surface area contributed by atoms with Gasteiger partial charge in [0.15, 0.2) is 0 Å². The maximum Gasteiger partial charge on any atom is 0.252 e. The van der Waals surface area contributed by atoms with E-state index in [-0.39, 0.29) is 29.8 Å². The molecule has 0 heterocycles. The predicted octanol–water partition coefficient (Wildman–Crippen LogP) is 3.44. The van der Waals surface area contributed by atoms with Gasteiger partial charge in [-0.15, -0.1) is 12.8 Å². The predicted molar refractivity (Wildman–Crippen MR) is 110 cm³/mol. The van der Waals surface area contributed by atoms with E-state index >= 15 is 0 Å². The van der Waals surface area contributed by atoms with Crippen molar-refractivity contribution in [3.05, 3.63) is 34.9 Å². The Hall–Kier alpha value is -2.72. The molecule has 0 saturated heterocycles. The highest BCUT2D eigenvalue weighted by molar-refractivity contribution is 5.98. The van der Waals surface area contributed by atoms with Gasteiger partial charge in [-0.25, -0.2) is 0 Å². The Morgan fingerprint density at radius 1 is 0.963 bits per heavy atom. The summed E-state index contributed by atoms with van der Waals surface area (Å²) in [5.41, 5.74) is 1.43. The van der Waals surface area contributed by atoms with Crippen molar-refractivity contribution >= 4 is 11.8 Å². The van der Waals surface area contributed by atoms with Crippen molar-refractivity contribution < 1.29 is 9.59 Å². The summed E-state index contributed by atoms with van der Waals surface area (Å²) in [5.74, 6) is 4.83. The summed E-state index contributed by atoms with van der Waals surface area (Å²) in [7, 11) is 0. The third kappa shape index (κ3) is 6.19. The molecule has 1 aromatic carbocycles. The van der Waals surface area contributed by atoms with Crippen LogP contribution >= 0.6 is 0 Å². The molecule has 0 bridgehead atoms. The fourth-order valence-corrected chi connectivity index (χ4v) is 3.15. The summed E-state index contributed by atoms with van der Waals surface area (Å²) in [6, 6.07) is 4.37. The van der Waals surface area contributed by atoms with Crippen LogP contribution in [0.2, 0.25) is 0 Å². The highest BCUT2D eigenvalue weighted by Crippen LogP contribution is 2.15. The second-order valence-electron chi connectivity index (χ2n) is 7.68. The van der Waals surface area contributed by atoms with Crippen molar-refractivity contribution in [1.82, 2.24) is 10.2 Å². The van der Waals surface area contributed by atoms with Gasteiger partial charge in [0, 0.05) is 28.8 Å². The molecule has 2 amide bonds. The van der Waals surface area contributed by atoms with Gasteiger partial charge in [0.05, 0.1) is 0 Å². The van der Waals surface area contributed by atoms with Gasteiger partial charge in [-0.05, 0) is 58.2 Å². The van der Waals surface area contributed by atoms with Gasteiger partial charge in [-0.1, -0.05) is 25.7 Å². The molecule has 4 nitrogen and oxygen atoms in total. The third-order valence-electron chi connectivity index (χ3n) is 4.21. The molecule has 144 valence electrons. The third-order valence-corrected chi connectivity index (χ3v) is 4.21. The molecule has 0 fully saturated rings. The van der Waals surface area contributed by atoms with E-state index in [2.05, 4.69) is 17.2 Å².